The number of nitrogens with zero attached hydrogens (tertiary/aromatic N) is 2. The zero-order valence-electron chi connectivity index (χ0n) is 10.7. The van der Waals surface area contributed by atoms with E-state index in [2.05, 4.69) is 25.8 Å². The summed E-state index contributed by atoms with van der Waals surface area (Å²) < 4.78 is 0. The van der Waals surface area contributed by atoms with Crippen molar-refractivity contribution in [2.24, 2.45) is 0 Å². The van der Waals surface area contributed by atoms with Gasteiger partial charge in [0.15, 0.2) is 0 Å². The van der Waals surface area contributed by atoms with E-state index in [0.29, 0.717) is 25.9 Å². The predicted octanol–water partition coefficient (Wildman–Crippen LogP) is 0.291. The van der Waals surface area contributed by atoms with Crippen molar-refractivity contribution in [3.63, 3.8) is 0 Å². The molecule has 8 heteroatoms. The Morgan fingerprint density at radius 2 is 2.00 bits per heavy atom. The summed E-state index contributed by atoms with van der Waals surface area (Å²) in [7, 11) is 0. The van der Waals surface area contributed by atoms with Crippen LogP contribution in [0.25, 0.3) is 0 Å². The number of carbonyl (C=O) groups excluding carboxylic acids is 1. The molecule has 0 atom stereocenters. The minimum absolute atomic E-state index is 0.184. The fourth-order valence-electron chi connectivity index (χ4n) is 1.49. The summed E-state index contributed by atoms with van der Waals surface area (Å²) in [6, 6.07) is -0.224. The summed E-state index contributed by atoms with van der Waals surface area (Å²) >= 11 is 0. The molecule has 4 N–H and O–H groups in total. The standard InChI is InChI=1S/C11H19N5O3/c17-10(18)4-2-1-3-6-12-11(19)13-7-5-9-14-8-15-16-9/h8H,1-7H2,(H,17,18)(H2,12,13,19)(H,14,15,16). The number of unbranched alkanes of at least 4 members (excludes halogenated alkanes) is 2. The monoisotopic (exact) mass is 269 g/mol. The van der Waals surface area contributed by atoms with Gasteiger partial charge < -0.3 is 15.7 Å². The average molecular weight is 269 g/mol. The quantitative estimate of drug-likeness (QED) is 0.480. The van der Waals surface area contributed by atoms with E-state index in [9.17, 15) is 9.59 Å². The molecule has 0 aliphatic rings. The first-order valence-corrected chi connectivity index (χ1v) is 6.26. The van der Waals surface area contributed by atoms with Gasteiger partial charge in [0.1, 0.15) is 12.2 Å². The summed E-state index contributed by atoms with van der Waals surface area (Å²) in [6.45, 7) is 1.04. The van der Waals surface area contributed by atoms with Crippen molar-refractivity contribution < 1.29 is 14.7 Å². The maximum Gasteiger partial charge on any atom is 0.314 e. The zero-order valence-corrected chi connectivity index (χ0v) is 10.7. The van der Waals surface area contributed by atoms with Gasteiger partial charge in [-0.15, -0.1) is 0 Å². The van der Waals surface area contributed by atoms with Crippen LogP contribution in [0.2, 0.25) is 0 Å². The van der Waals surface area contributed by atoms with Crippen LogP contribution in [-0.2, 0) is 11.2 Å². The third-order valence-electron chi connectivity index (χ3n) is 2.47. The molecule has 0 bridgehead atoms. The minimum Gasteiger partial charge on any atom is -0.481 e. The van der Waals surface area contributed by atoms with Crippen molar-refractivity contribution in [1.29, 1.82) is 0 Å². The van der Waals surface area contributed by atoms with Crippen LogP contribution in [-0.4, -0.2) is 45.4 Å². The molecule has 1 heterocycles. The van der Waals surface area contributed by atoms with Gasteiger partial charge in [-0.25, -0.2) is 9.78 Å². The van der Waals surface area contributed by atoms with Crippen molar-refractivity contribution in [3.05, 3.63) is 12.2 Å². The summed E-state index contributed by atoms with van der Waals surface area (Å²) in [5.74, 6) is -0.0490. The van der Waals surface area contributed by atoms with Crippen molar-refractivity contribution in [1.82, 2.24) is 25.8 Å². The molecule has 8 nitrogen and oxygen atoms in total. The molecule has 106 valence electrons. The van der Waals surface area contributed by atoms with Crippen LogP contribution in [0, 0.1) is 0 Å². The van der Waals surface area contributed by atoms with E-state index in [1.807, 2.05) is 0 Å². The van der Waals surface area contributed by atoms with Gasteiger partial charge >= 0.3 is 12.0 Å². The number of aliphatic carboxylic acids is 1. The number of hydrogen-bond donors (Lipinski definition) is 4. The molecule has 0 radical (unpaired) electrons. The van der Waals surface area contributed by atoms with E-state index in [1.54, 1.807) is 0 Å². The zero-order chi connectivity index (χ0) is 13.9. The van der Waals surface area contributed by atoms with Crippen molar-refractivity contribution in [2.75, 3.05) is 13.1 Å². The van der Waals surface area contributed by atoms with Gasteiger partial charge in [-0.05, 0) is 12.8 Å². The van der Waals surface area contributed by atoms with Crippen molar-refractivity contribution in [3.8, 4) is 0 Å². The second-order valence-corrected chi connectivity index (χ2v) is 4.07. The molecule has 0 unspecified atom stereocenters. The van der Waals surface area contributed by atoms with Crippen LogP contribution in [0.3, 0.4) is 0 Å². The fraction of sp³-hybridized carbons (Fsp3) is 0.636. The number of rotatable bonds is 9. The predicted molar refractivity (Wildman–Crippen MR) is 67.6 cm³/mol. The van der Waals surface area contributed by atoms with Crippen molar-refractivity contribution in [2.45, 2.75) is 32.1 Å². The molecule has 0 aromatic carbocycles. The second-order valence-electron chi connectivity index (χ2n) is 4.07. The van der Waals surface area contributed by atoms with E-state index in [-0.39, 0.29) is 12.5 Å². The topological polar surface area (TPSA) is 120 Å². The largest absolute Gasteiger partial charge is 0.481 e. The van der Waals surface area contributed by atoms with Gasteiger partial charge in [-0.2, -0.15) is 5.10 Å². The first kappa shape index (κ1) is 14.9. The third kappa shape index (κ3) is 7.74. The van der Waals surface area contributed by atoms with Crippen LogP contribution in [0.1, 0.15) is 31.5 Å². The molecule has 2 amide bonds. The number of hydrogen-bond acceptors (Lipinski definition) is 4. The lowest BCUT2D eigenvalue weighted by molar-refractivity contribution is -0.137. The Morgan fingerprint density at radius 1 is 1.21 bits per heavy atom. The SMILES string of the molecule is O=C(O)CCCCCNC(=O)NCCc1ncn[nH]1. The van der Waals surface area contributed by atoms with Gasteiger partial charge in [0.05, 0.1) is 0 Å². The number of carboxylic acid groups (broad SMARTS) is 1. The van der Waals surface area contributed by atoms with Crippen LogP contribution in [0.5, 0.6) is 0 Å². The number of H-pyrrole nitrogens is 1. The molecule has 0 saturated heterocycles. The highest BCUT2D eigenvalue weighted by Crippen LogP contribution is 1.98. The van der Waals surface area contributed by atoms with E-state index in [1.165, 1.54) is 6.33 Å². The van der Waals surface area contributed by atoms with Crippen molar-refractivity contribution >= 4 is 12.0 Å². The van der Waals surface area contributed by atoms with E-state index < -0.39 is 5.97 Å². The Kier molecular flexibility index (Phi) is 7.00. The lowest BCUT2D eigenvalue weighted by atomic mass is 10.2. The van der Waals surface area contributed by atoms with E-state index in [0.717, 1.165) is 18.7 Å². The minimum atomic E-state index is -0.780. The molecule has 0 spiro atoms. The molecule has 19 heavy (non-hydrogen) atoms. The average Bonchev–Trinajstić information content (AvgIpc) is 2.86. The van der Waals surface area contributed by atoms with Crippen LogP contribution in [0.15, 0.2) is 6.33 Å². The number of amides is 2. The maximum absolute atomic E-state index is 11.3. The summed E-state index contributed by atoms with van der Waals surface area (Å²) in [6.07, 6.45) is 4.43. The number of carbonyl (C=O) groups is 2. The van der Waals surface area contributed by atoms with Gasteiger partial charge in [0.2, 0.25) is 0 Å². The smallest absolute Gasteiger partial charge is 0.314 e. The highest BCUT2D eigenvalue weighted by molar-refractivity contribution is 5.73. The first-order chi connectivity index (χ1) is 9.18. The lowest BCUT2D eigenvalue weighted by Crippen LogP contribution is -2.37. The lowest BCUT2D eigenvalue weighted by Gasteiger charge is -2.06. The maximum atomic E-state index is 11.3. The van der Waals surface area contributed by atoms with E-state index in [4.69, 9.17) is 5.11 Å². The van der Waals surface area contributed by atoms with E-state index >= 15 is 0 Å². The second kappa shape index (κ2) is 8.90. The summed E-state index contributed by atoms with van der Waals surface area (Å²) in [5.41, 5.74) is 0. The fourth-order valence-corrected chi connectivity index (χ4v) is 1.49. The van der Waals surface area contributed by atoms with Crippen LogP contribution >= 0.6 is 0 Å². The molecular weight excluding hydrogens is 250 g/mol. The third-order valence-corrected chi connectivity index (χ3v) is 2.47. The van der Waals surface area contributed by atoms with Crippen LogP contribution < -0.4 is 10.6 Å². The number of nitrogens with one attached hydrogen (secondary N) is 3. The number of urea groups is 1. The Bertz CT molecular complexity index is 380. The van der Waals surface area contributed by atoms with Gasteiger partial charge in [-0.3, -0.25) is 9.89 Å². The number of aromatic nitrogens is 3. The van der Waals surface area contributed by atoms with Crippen LogP contribution in [0.4, 0.5) is 4.79 Å². The summed E-state index contributed by atoms with van der Waals surface area (Å²) in [4.78, 5) is 25.6. The highest BCUT2D eigenvalue weighted by atomic mass is 16.4. The number of carboxylic acids is 1. The Morgan fingerprint density at radius 3 is 2.68 bits per heavy atom. The molecule has 1 aromatic rings. The normalized spacial score (nSPS) is 10.1. The molecule has 0 saturated carbocycles. The van der Waals surface area contributed by atoms with Gasteiger partial charge in [0.25, 0.3) is 0 Å². The molecule has 1 rings (SSSR count). The summed E-state index contributed by atoms with van der Waals surface area (Å²) in [5, 5.41) is 20.3. The molecule has 0 aliphatic carbocycles. The molecular formula is C11H19N5O3. The Hall–Kier alpha value is -2.12. The molecule has 1 aromatic heterocycles. The van der Waals surface area contributed by atoms with Gasteiger partial charge in [0, 0.05) is 25.9 Å². The van der Waals surface area contributed by atoms with Gasteiger partial charge in [-0.1, -0.05) is 6.42 Å². The Labute approximate surface area is 111 Å². The molecule has 0 fully saturated rings. The Balaban J connectivity index is 1.92. The number of aromatic amines is 1. The first-order valence-electron chi connectivity index (χ1n) is 6.26. The molecule has 0 aliphatic heterocycles. The highest BCUT2D eigenvalue weighted by Gasteiger charge is 2.01.